The number of allylic oxidation sites excluding steroid dienone is 1. The fourth-order valence-electron chi connectivity index (χ4n) is 1.85. The van der Waals surface area contributed by atoms with Gasteiger partial charge in [-0.1, -0.05) is 32.9 Å². The third-order valence-electron chi connectivity index (χ3n) is 2.68. The van der Waals surface area contributed by atoms with Crippen LogP contribution in [0.1, 0.15) is 38.8 Å². The van der Waals surface area contributed by atoms with Crippen molar-refractivity contribution >= 4 is 0 Å². The quantitative estimate of drug-likeness (QED) is 0.704. The molecule has 0 heterocycles. The lowest BCUT2D eigenvalue weighted by Crippen LogP contribution is -2.00. The maximum Gasteiger partial charge on any atom is 0.119 e. The standard InChI is InChI=1S/C16H23O/c1-6-13(5)15-9-14(8-12(3)4)10-16(11-15)17-7-2/h6,9-12H,1,7-8H2,2-5H3. The summed E-state index contributed by atoms with van der Waals surface area (Å²) in [4.78, 5) is 0. The maximum atomic E-state index is 5.62. The van der Waals surface area contributed by atoms with Gasteiger partial charge in [0.15, 0.2) is 0 Å². The Kier molecular flexibility index (Phi) is 5.27. The third-order valence-corrected chi connectivity index (χ3v) is 2.68. The van der Waals surface area contributed by atoms with Crippen LogP contribution in [0.3, 0.4) is 0 Å². The smallest absolute Gasteiger partial charge is 0.119 e. The second-order valence-corrected chi connectivity index (χ2v) is 4.78. The summed E-state index contributed by atoms with van der Waals surface area (Å²) in [6.07, 6.45) is 2.97. The normalized spacial score (nSPS) is 10.9. The summed E-state index contributed by atoms with van der Waals surface area (Å²) in [5, 5.41) is 0. The van der Waals surface area contributed by atoms with Gasteiger partial charge in [-0.25, -0.2) is 0 Å². The molecule has 0 aromatic heterocycles. The van der Waals surface area contributed by atoms with Crippen LogP contribution >= 0.6 is 0 Å². The zero-order valence-electron chi connectivity index (χ0n) is 11.4. The minimum atomic E-state index is 0.656. The molecule has 93 valence electrons. The molecule has 0 saturated carbocycles. The maximum absolute atomic E-state index is 5.62. The van der Waals surface area contributed by atoms with E-state index in [1.54, 1.807) is 0 Å². The van der Waals surface area contributed by atoms with Crippen LogP contribution in [-0.2, 0) is 6.42 Å². The van der Waals surface area contributed by atoms with Crippen LogP contribution < -0.4 is 4.74 Å². The monoisotopic (exact) mass is 231 g/mol. The molecule has 0 spiro atoms. The summed E-state index contributed by atoms with van der Waals surface area (Å²) in [5.41, 5.74) is 2.55. The van der Waals surface area contributed by atoms with Gasteiger partial charge in [-0.2, -0.15) is 0 Å². The van der Waals surface area contributed by atoms with Crippen molar-refractivity contribution in [2.75, 3.05) is 6.61 Å². The van der Waals surface area contributed by atoms with E-state index in [1.165, 1.54) is 17.0 Å². The van der Waals surface area contributed by atoms with Crippen molar-refractivity contribution < 1.29 is 4.74 Å². The van der Waals surface area contributed by atoms with Gasteiger partial charge in [-0.3, -0.25) is 0 Å². The van der Waals surface area contributed by atoms with Crippen molar-refractivity contribution in [3.05, 3.63) is 47.9 Å². The number of hydrogen-bond donors (Lipinski definition) is 0. The molecule has 1 rings (SSSR count). The van der Waals surface area contributed by atoms with E-state index in [0.717, 1.165) is 12.2 Å². The van der Waals surface area contributed by atoms with E-state index in [2.05, 4.69) is 45.5 Å². The van der Waals surface area contributed by atoms with Crippen LogP contribution in [0.15, 0.2) is 30.9 Å². The lowest BCUT2D eigenvalue weighted by atomic mass is 9.95. The van der Waals surface area contributed by atoms with Gasteiger partial charge >= 0.3 is 0 Å². The number of ether oxygens (including phenoxy) is 1. The third kappa shape index (κ3) is 4.26. The topological polar surface area (TPSA) is 9.23 Å². The average Bonchev–Trinajstić information content (AvgIpc) is 2.27. The van der Waals surface area contributed by atoms with Gasteiger partial charge in [0, 0.05) is 5.92 Å². The Morgan fingerprint density at radius 2 is 2.06 bits per heavy atom. The molecule has 0 atom stereocenters. The number of hydrogen-bond acceptors (Lipinski definition) is 1. The highest BCUT2D eigenvalue weighted by Gasteiger charge is 2.08. The molecule has 0 amide bonds. The van der Waals surface area contributed by atoms with Crippen LogP contribution in [0.4, 0.5) is 0 Å². The van der Waals surface area contributed by atoms with Gasteiger partial charge in [0.25, 0.3) is 0 Å². The first-order valence-electron chi connectivity index (χ1n) is 6.30. The van der Waals surface area contributed by atoms with Crippen molar-refractivity contribution in [3.63, 3.8) is 0 Å². The van der Waals surface area contributed by atoms with Gasteiger partial charge < -0.3 is 4.74 Å². The van der Waals surface area contributed by atoms with E-state index in [1.807, 2.05) is 13.0 Å². The van der Waals surface area contributed by atoms with E-state index in [-0.39, 0.29) is 0 Å². The molecule has 0 fully saturated rings. The summed E-state index contributed by atoms with van der Waals surface area (Å²) in [6, 6.07) is 6.47. The van der Waals surface area contributed by atoms with Crippen molar-refractivity contribution in [2.24, 2.45) is 5.92 Å². The summed E-state index contributed by atoms with van der Waals surface area (Å²) < 4.78 is 5.62. The van der Waals surface area contributed by atoms with Crippen LogP contribution in [0.5, 0.6) is 5.75 Å². The predicted molar refractivity (Wildman–Crippen MR) is 74.4 cm³/mol. The first kappa shape index (κ1) is 13.8. The second kappa shape index (κ2) is 6.48. The molecule has 0 aliphatic heterocycles. The highest BCUT2D eigenvalue weighted by molar-refractivity contribution is 5.43. The summed E-state index contributed by atoms with van der Waals surface area (Å²) in [5.74, 6) is 2.81. The minimum absolute atomic E-state index is 0.656. The zero-order valence-corrected chi connectivity index (χ0v) is 11.4. The van der Waals surface area contributed by atoms with Gasteiger partial charge in [0.1, 0.15) is 5.75 Å². The van der Waals surface area contributed by atoms with E-state index in [9.17, 15) is 0 Å². The average molecular weight is 231 g/mol. The van der Waals surface area contributed by atoms with Crippen LogP contribution in [0.25, 0.3) is 0 Å². The molecule has 0 unspecified atom stereocenters. The van der Waals surface area contributed by atoms with Crippen LogP contribution in [0, 0.1) is 11.8 Å². The molecule has 0 bridgehead atoms. The predicted octanol–water partition coefficient (Wildman–Crippen LogP) is 4.41. The first-order chi connectivity index (χ1) is 8.06. The zero-order chi connectivity index (χ0) is 12.8. The second-order valence-electron chi connectivity index (χ2n) is 4.78. The first-order valence-corrected chi connectivity index (χ1v) is 6.30. The van der Waals surface area contributed by atoms with Gasteiger partial charge in [0.2, 0.25) is 0 Å². The summed E-state index contributed by atoms with van der Waals surface area (Å²) in [7, 11) is 0. The molecule has 1 aromatic rings. The van der Waals surface area contributed by atoms with Crippen molar-refractivity contribution in [1.29, 1.82) is 0 Å². The van der Waals surface area contributed by atoms with Gasteiger partial charge in [-0.15, -0.1) is 6.58 Å². The molecule has 0 N–H and O–H groups in total. The molecular weight excluding hydrogens is 208 g/mol. The summed E-state index contributed by atoms with van der Waals surface area (Å²) >= 11 is 0. The Bertz CT molecular complexity index is 366. The summed E-state index contributed by atoms with van der Waals surface area (Å²) in [6.45, 7) is 13.1. The fraction of sp³-hybridized carbons (Fsp3) is 0.438. The molecule has 1 nitrogen and oxygen atoms in total. The molecule has 1 aromatic carbocycles. The molecular formula is C16H23O. The lowest BCUT2D eigenvalue weighted by Gasteiger charge is -2.13. The van der Waals surface area contributed by atoms with Crippen molar-refractivity contribution in [2.45, 2.75) is 34.1 Å². The molecule has 0 aliphatic rings. The largest absolute Gasteiger partial charge is 0.494 e. The molecule has 0 aliphatic carbocycles. The Morgan fingerprint density at radius 3 is 2.59 bits per heavy atom. The Morgan fingerprint density at radius 1 is 1.35 bits per heavy atom. The Labute approximate surface area is 106 Å². The fourth-order valence-corrected chi connectivity index (χ4v) is 1.85. The Balaban J connectivity index is 3.04. The van der Waals surface area contributed by atoms with Gasteiger partial charge in [-0.05, 0) is 42.5 Å². The SMILES string of the molecule is C=C[C](C)c1cc(CC(C)C)cc(OCC)c1. The van der Waals surface area contributed by atoms with E-state index in [0.29, 0.717) is 12.5 Å². The molecule has 0 saturated heterocycles. The lowest BCUT2D eigenvalue weighted by molar-refractivity contribution is 0.339. The van der Waals surface area contributed by atoms with E-state index in [4.69, 9.17) is 4.74 Å². The number of benzene rings is 1. The van der Waals surface area contributed by atoms with E-state index < -0.39 is 0 Å². The molecule has 17 heavy (non-hydrogen) atoms. The van der Waals surface area contributed by atoms with Crippen LogP contribution in [0.2, 0.25) is 0 Å². The van der Waals surface area contributed by atoms with Crippen molar-refractivity contribution in [3.8, 4) is 5.75 Å². The number of rotatable bonds is 6. The highest BCUT2D eigenvalue weighted by Crippen LogP contribution is 2.25. The highest BCUT2D eigenvalue weighted by atomic mass is 16.5. The van der Waals surface area contributed by atoms with E-state index >= 15 is 0 Å². The van der Waals surface area contributed by atoms with Gasteiger partial charge in [0.05, 0.1) is 6.61 Å². The molecule has 1 heteroatoms. The molecule has 1 radical (unpaired) electrons. The minimum Gasteiger partial charge on any atom is -0.494 e. The van der Waals surface area contributed by atoms with Crippen molar-refractivity contribution in [1.82, 2.24) is 0 Å². The van der Waals surface area contributed by atoms with Crippen LogP contribution in [-0.4, -0.2) is 6.61 Å². The Hall–Kier alpha value is -1.24.